The van der Waals surface area contributed by atoms with E-state index in [9.17, 15) is 9.41 Å². The minimum absolute atomic E-state index is 0.269. The van der Waals surface area contributed by atoms with Gasteiger partial charge < -0.3 is 9.76 Å². The fourth-order valence-electron chi connectivity index (χ4n) is 1.95. The molecule has 0 amide bonds. The first-order chi connectivity index (χ1) is 9.47. The van der Waals surface area contributed by atoms with Crippen molar-refractivity contribution >= 4 is 28.3 Å². The molecule has 1 N–H and O–H groups in total. The molecule has 5 heteroatoms. The van der Waals surface area contributed by atoms with Gasteiger partial charge in [0.25, 0.3) is 0 Å². The number of rotatable bonds is 4. The van der Waals surface area contributed by atoms with Gasteiger partial charge in [0.2, 0.25) is 0 Å². The predicted octanol–water partition coefficient (Wildman–Crippen LogP) is 3.30. The maximum atomic E-state index is 12.8. The molecule has 0 atom stereocenters. The highest BCUT2D eigenvalue weighted by Gasteiger charge is 2.17. The molecule has 0 aliphatic rings. The van der Waals surface area contributed by atoms with Gasteiger partial charge in [-0.1, -0.05) is 30.6 Å². The van der Waals surface area contributed by atoms with Crippen LogP contribution in [-0.2, 0) is 6.61 Å². The molecule has 2 nitrogen and oxygen atoms in total. The molecule has 20 heavy (non-hydrogen) atoms. The number of benzene rings is 2. The molecular formula is C15H15BBrFO2. The largest absolute Gasteiger partial charge is 0.488 e. The summed E-state index contributed by atoms with van der Waals surface area (Å²) in [6, 6.07) is 10.00. The van der Waals surface area contributed by atoms with Crippen molar-refractivity contribution in [2.75, 3.05) is 0 Å². The first kappa shape index (κ1) is 15.1. The van der Waals surface area contributed by atoms with Gasteiger partial charge in [-0.25, -0.2) is 4.39 Å². The van der Waals surface area contributed by atoms with E-state index in [1.54, 1.807) is 19.0 Å². The van der Waals surface area contributed by atoms with Gasteiger partial charge >= 0.3 is 6.92 Å². The van der Waals surface area contributed by atoms with Crippen LogP contribution >= 0.6 is 15.9 Å². The molecule has 104 valence electrons. The van der Waals surface area contributed by atoms with Gasteiger partial charge in [0.05, 0.1) is 4.47 Å². The van der Waals surface area contributed by atoms with E-state index in [-0.39, 0.29) is 5.82 Å². The van der Waals surface area contributed by atoms with Crippen LogP contribution < -0.4 is 10.2 Å². The minimum Gasteiger partial charge on any atom is -0.488 e. The first-order valence-corrected chi connectivity index (χ1v) is 7.12. The van der Waals surface area contributed by atoms with E-state index in [1.807, 2.05) is 19.1 Å². The topological polar surface area (TPSA) is 29.5 Å². The summed E-state index contributed by atoms with van der Waals surface area (Å²) in [5, 5.41) is 9.84. The highest BCUT2D eigenvalue weighted by Crippen LogP contribution is 2.25. The Hall–Kier alpha value is -1.33. The van der Waals surface area contributed by atoms with Gasteiger partial charge in [-0.2, -0.15) is 0 Å². The molecule has 0 aromatic heterocycles. The Kier molecular flexibility index (Phi) is 4.84. The number of hydrogen-bond acceptors (Lipinski definition) is 2. The second-order valence-electron chi connectivity index (χ2n) is 4.76. The van der Waals surface area contributed by atoms with Crippen molar-refractivity contribution in [1.29, 1.82) is 0 Å². The van der Waals surface area contributed by atoms with Crippen molar-refractivity contribution in [3.8, 4) is 5.75 Å². The van der Waals surface area contributed by atoms with E-state index in [1.165, 1.54) is 12.1 Å². The standard InChI is InChI=1S/C15H15BBrFO2/c1-10-7-13(16(2)19)15(14(17)8-10)20-9-11-3-5-12(18)6-4-11/h3-8,19H,9H2,1-2H3. The summed E-state index contributed by atoms with van der Waals surface area (Å²) in [5.41, 5.74) is 2.65. The van der Waals surface area contributed by atoms with Crippen LogP contribution in [0.25, 0.3) is 0 Å². The monoisotopic (exact) mass is 336 g/mol. The highest BCUT2D eigenvalue weighted by molar-refractivity contribution is 9.10. The first-order valence-electron chi connectivity index (χ1n) is 6.32. The van der Waals surface area contributed by atoms with Crippen molar-refractivity contribution in [3.05, 3.63) is 57.8 Å². The van der Waals surface area contributed by atoms with Crippen LogP contribution in [0.3, 0.4) is 0 Å². The smallest absolute Gasteiger partial charge is 0.324 e. The van der Waals surface area contributed by atoms with E-state index in [0.717, 1.165) is 21.1 Å². The van der Waals surface area contributed by atoms with E-state index in [2.05, 4.69) is 15.9 Å². The molecule has 0 aliphatic heterocycles. The van der Waals surface area contributed by atoms with E-state index < -0.39 is 6.92 Å². The molecule has 0 bridgehead atoms. The van der Waals surface area contributed by atoms with Crippen LogP contribution in [0.15, 0.2) is 40.9 Å². The van der Waals surface area contributed by atoms with Gasteiger partial charge in [0, 0.05) is 0 Å². The predicted molar refractivity (Wildman–Crippen MR) is 83.1 cm³/mol. The second-order valence-corrected chi connectivity index (χ2v) is 5.61. The Morgan fingerprint density at radius 1 is 1.25 bits per heavy atom. The Labute approximate surface area is 126 Å². The minimum atomic E-state index is -0.616. The van der Waals surface area contributed by atoms with Gasteiger partial charge in [-0.3, -0.25) is 0 Å². The summed E-state index contributed by atoms with van der Waals surface area (Å²) in [7, 11) is 0. The number of ether oxygens (including phenoxy) is 1. The number of aryl methyl sites for hydroxylation is 1. The third kappa shape index (κ3) is 3.61. The van der Waals surface area contributed by atoms with Crippen LogP contribution in [0.5, 0.6) is 5.75 Å². The number of halogens is 2. The van der Waals surface area contributed by atoms with Gasteiger partial charge in [0.1, 0.15) is 18.2 Å². The highest BCUT2D eigenvalue weighted by atomic mass is 79.9. The zero-order valence-electron chi connectivity index (χ0n) is 11.4. The van der Waals surface area contributed by atoms with Crippen molar-refractivity contribution in [2.45, 2.75) is 20.4 Å². The van der Waals surface area contributed by atoms with Crippen LogP contribution in [-0.4, -0.2) is 11.9 Å². The Balaban J connectivity index is 2.22. The zero-order valence-corrected chi connectivity index (χ0v) is 12.9. The van der Waals surface area contributed by atoms with Crippen LogP contribution in [0, 0.1) is 12.7 Å². The fraction of sp³-hybridized carbons (Fsp3) is 0.200. The van der Waals surface area contributed by atoms with E-state index in [0.29, 0.717) is 12.4 Å². The average molecular weight is 337 g/mol. The summed E-state index contributed by atoms with van der Waals surface area (Å²) in [6.07, 6.45) is 0. The van der Waals surface area contributed by atoms with Gasteiger partial charge in [-0.05, 0) is 52.1 Å². The average Bonchev–Trinajstić information content (AvgIpc) is 2.38. The molecule has 2 rings (SSSR count). The molecular weight excluding hydrogens is 322 g/mol. The van der Waals surface area contributed by atoms with Crippen molar-refractivity contribution in [1.82, 2.24) is 0 Å². The van der Waals surface area contributed by atoms with Crippen LogP contribution in [0.4, 0.5) is 4.39 Å². The molecule has 0 radical (unpaired) electrons. The summed E-state index contributed by atoms with van der Waals surface area (Å²) in [6.45, 7) is 3.36. The molecule has 0 aliphatic carbocycles. The Bertz CT molecular complexity index is 600. The lowest BCUT2D eigenvalue weighted by molar-refractivity contribution is 0.306. The third-order valence-corrected chi connectivity index (χ3v) is 3.55. The molecule has 0 saturated carbocycles. The Morgan fingerprint density at radius 3 is 2.50 bits per heavy atom. The third-order valence-electron chi connectivity index (χ3n) is 2.96. The maximum Gasteiger partial charge on any atom is 0.324 e. The van der Waals surface area contributed by atoms with Gasteiger partial charge in [0.15, 0.2) is 0 Å². The van der Waals surface area contributed by atoms with Crippen molar-refractivity contribution in [3.63, 3.8) is 0 Å². The summed E-state index contributed by atoms with van der Waals surface area (Å²) in [5.74, 6) is 0.352. The molecule has 0 heterocycles. The fourth-order valence-corrected chi connectivity index (χ4v) is 2.66. The Morgan fingerprint density at radius 2 is 1.90 bits per heavy atom. The maximum absolute atomic E-state index is 12.8. The lowest BCUT2D eigenvalue weighted by Gasteiger charge is -2.15. The molecule has 0 saturated heterocycles. The van der Waals surface area contributed by atoms with Gasteiger partial charge in [-0.15, -0.1) is 0 Å². The molecule has 2 aromatic carbocycles. The molecule has 0 unspecified atom stereocenters. The van der Waals surface area contributed by atoms with E-state index in [4.69, 9.17) is 4.74 Å². The van der Waals surface area contributed by atoms with Crippen molar-refractivity contribution < 1.29 is 14.2 Å². The quantitative estimate of drug-likeness (QED) is 0.868. The molecule has 0 fully saturated rings. The lowest BCUT2D eigenvalue weighted by atomic mass is 9.63. The van der Waals surface area contributed by atoms with E-state index >= 15 is 0 Å². The SMILES string of the molecule is CB(O)c1cc(C)cc(Br)c1OCc1ccc(F)cc1. The summed E-state index contributed by atoms with van der Waals surface area (Å²) in [4.78, 5) is 0. The normalized spacial score (nSPS) is 10.4. The molecule has 2 aromatic rings. The molecule has 0 spiro atoms. The van der Waals surface area contributed by atoms with Crippen molar-refractivity contribution in [2.24, 2.45) is 0 Å². The van der Waals surface area contributed by atoms with Crippen LogP contribution in [0.1, 0.15) is 11.1 Å². The second kappa shape index (κ2) is 6.42. The zero-order chi connectivity index (χ0) is 14.7. The van der Waals surface area contributed by atoms with Crippen LogP contribution in [0.2, 0.25) is 6.82 Å². The summed E-state index contributed by atoms with van der Waals surface area (Å²) >= 11 is 3.46. The number of hydrogen-bond donors (Lipinski definition) is 1. The lowest BCUT2D eigenvalue weighted by Crippen LogP contribution is -2.28. The summed E-state index contributed by atoms with van der Waals surface area (Å²) < 4.78 is 19.4.